The van der Waals surface area contributed by atoms with Crippen molar-refractivity contribution < 1.29 is 19.5 Å². The Bertz CT molecular complexity index is 514. The lowest BCUT2D eigenvalue weighted by atomic mass is 10.0. The van der Waals surface area contributed by atoms with Gasteiger partial charge in [-0.15, -0.1) is 0 Å². The van der Waals surface area contributed by atoms with Crippen LogP contribution in [0.15, 0.2) is 30.3 Å². The second-order valence-electron chi connectivity index (χ2n) is 5.35. The number of hydrogen-bond acceptors (Lipinski definition) is 3. The van der Waals surface area contributed by atoms with E-state index in [0.717, 1.165) is 0 Å². The fourth-order valence-corrected chi connectivity index (χ4v) is 1.90. The second kappa shape index (κ2) is 8.81. The number of carboxylic acids is 1. The summed E-state index contributed by atoms with van der Waals surface area (Å²) < 4.78 is 0. The van der Waals surface area contributed by atoms with Gasteiger partial charge in [0.15, 0.2) is 0 Å². The maximum Gasteiger partial charge on any atom is 0.326 e. The Balaban J connectivity index is 2.28. The number of amides is 2. The molecule has 0 heterocycles. The molecule has 22 heavy (non-hydrogen) atoms. The van der Waals surface area contributed by atoms with Crippen molar-refractivity contribution >= 4 is 17.8 Å². The topological polar surface area (TPSA) is 95.5 Å². The zero-order valence-electron chi connectivity index (χ0n) is 12.8. The Morgan fingerprint density at radius 1 is 1.14 bits per heavy atom. The monoisotopic (exact) mass is 306 g/mol. The van der Waals surface area contributed by atoms with E-state index < -0.39 is 12.0 Å². The van der Waals surface area contributed by atoms with Gasteiger partial charge in [0.2, 0.25) is 5.91 Å². The van der Waals surface area contributed by atoms with Crippen LogP contribution in [-0.4, -0.2) is 35.5 Å². The number of carbonyl (C=O) groups excluding carboxylic acids is 2. The van der Waals surface area contributed by atoms with Crippen LogP contribution in [0.4, 0.5) is 0 Å². The standard InChI is InChI=1S/C16H22N2O4/c1-11(2)14(16(21)22)18-13(19)9-6-10-17-15(20)12-7-4-3-5-8-12/h3-5,7-8,11,14H,6,9-10H2,1-2H3,(H,17,20)(H,18,19)(H,21,22). The van der Waals surface area contributed by atoms with E-state index in [1.807, 2.05) is 6.07 Å². The summed E-state index contributed by atoms with van der Waals surface area (Å²) in [6.07, 6.45) is 0.625. The Morgan fingerprint density at radius 2 is 1.77 bits per heavy atom. The number of hydrogen-bond donors (Lipinski definition) is 3. The number of aliphatic carboxylic acids is 1. The molecule has 0 aromatic heterocycles. The predicted molar refractivity (Wildman–Crippen MR) is 82.4 cm³/mol. The van der Waals surface area contributed by atoms with E-state index in [4.69, 9.17) is 5.11 Å². The first-order valence-corrected chi connectivity index (χ1v) is 7.27. The molecule has 1 atom stereocenters. The van der Waals surface area contributed by atoms with Gasteiger partial charge in [-0.3, -0.25) is 9.59 Å². The number of carbonyl (C=O) groups is 3. The molecular weight excluding hydrogens is 284 g/mol. The Hall–Kier alpha value is -2.37. The van der Waals surface area contributed by atoms with Crippen LogP contribution in [0.3, 0.4) is 0 Å². The summed E-state index contributed by atoms with van der Waals surface area (Å²) >= 11 is 0. The molecular formula is C16H22N2O4. The summed E-state index contributed by atoms with van der Waals surface area (Å²) in [5.41, 5.74) is 0.567. The second-order valence-corrected chi connectivity index (χ2v) is 5.35. The molecule has 120 valence electrons. The molecule has 1 aromatic rings. The molecule has 0 bridgehead atoms. The highest BCUT2D eigenvalue weighted by Gasteiger charge is 2.22. The predicted octanol–water partition coefficient (Wildman–Crippen LogP) is 1.42. The number of nitrogens with one attached hydrogen (secondary N) is 2. The minimum Gasteiger partial charge on any atom is -0.480 e. The van der Waals surface area contributed by atoms with Crippen molar-refractivity contribution in [2.24, 2.45) is 5.92 Å². The van der Waals surface area contributed by atoms with Crippen LogP contribution in [0.25, 0.3) is 0 Å². The van der Waals surface area contributed by atoms with E-state index in [2.05, 4.69) is 10.6 Å². The molecule has 0 radical (unpaired) electrons. The average molecular weight is 306 g/mol. The molecule has 0 saturated carbocycles. The van der Waals surface area contributed by atoms with Crippen molar-refractivity contribution in [1.82, 2.24) is 10.6 Å². The van der Waals surface area contributed by atoms with Crippen LogP contribution >= 0.6 is 0 Å². The normalized spacial score (nSPS) is 11.8. The lowest BCUT2D eigenvalue weighted by Crippen LogP contribution is -2.44. The number of carboxylic acid groups (broad SMARTS) is 1. The molecule has 2 amide bonds. The first kappa shape index (κ1) is 17.7. The SMILES string of the molecule is CC(C)C(NC(=O)CCCNC(=O)c1ccccc1)C(=O)O. The first-order chi connectivity index (χ1) is 10.4. The van der Waals surface area contributed by atoms with Crippen LogP contribution in [0.5, 0.6) is 0 Å². The average Bonchev–Trinajstić information content (AvgIpc) is 2.49. The van der Waals surface area contributed by atoms with Crippen LogP contribution in [0.2, 0.25) is 0 Å². The number of benzene rings is 1. The quantitative estimate of drug-likeness (QED) is 0.633. The van der Waals surface area contributed by atoms with Gasteiger partial charge in [-0.2, -0.15) is 0 Å². The van der Waals surface area contributed by atoms with Crippen molar-refractivity contribution in [2.45, 2.75) is 32.7 Å². The van der Waals surface area contributed by atoms with Gasteiger partial charge in [0.1, 0.15) is 6.04 Å². The van der Waals surface area contributed by atoms with Crippen molar-refractivity contribution in [3.63, 3.8) is 0 Å². The smallest absolute Gasteiger partial charge is 0.326 e. The first-order valence-electron chi connectivity index (χ1n) is 7.27. The van der Waals surface area contributed by atoms with Crippen LogP contribution in [0, 0.1) is 5.92 Å². The molecule has 0 spiro atoms. The molecule has 0 aliphatic carbocycles. The minimum absolute atomic E-state index is 0.172. The van der Waals surface area contributed by atoms with Gasteiger partial charge < -0.3 is 15.7 Å². The zero-order chi connectivity index (χ0) is 16.5. The molecule has 1 aromatic carbocycles. The zero-order valence-corrected chi connectivity index (χ0v) is 12.8. The summed E-state index contributed by atoms with van der Waals surface area (Å²) in [4.78, 5) is 34.4. The van der Waals surface area contributed by atoms with Gasteiger partial charge in [0.25, 0.3) is 5.91 Å². The molecule has 3 N–H and O–H groups in total. The third kappa shape index (κ3) is 5.95. The van der Waals surface area contributed by atoms with E-state index in [0.29, 0.717) is 18.5 Å². The molecule has 0 saturated heterocycles. The summed E-state index contributed by atoms with van der Waals surface area (Å²) in [6, 6.07) is 7.92. The minimum atomic E-state index is -1.04. The highest BCUT2D eigenvalue weighted by Crippen LogP contribution is 2.03. The van der Waals surface area contributed by atoms with E-state index in [-0.39, 0.29) is 24.2 Å². The summed E-state index contributed by atoms with van der Waals surface area (Å²) in [7, 11) is 0. The Morgan fingerprint density at radius 3 is 2.32 bits per heavy atom. The molecule has 1 unspecified atom stereocenters. The molecule has 6 heteroatoms. The molecule has 0 aliphatic heterocycles. The van der Waals surface area contributed by atoms with Gasteiger partial charge in [-0.05, 0) is 24.5 Å². The lowest BCUT2D eigenvalue weighted by Gasteiger charge is -2.17. The summed E-state index contributed by atoms with van der Waals surface area (Å²) in [6.45, 7) is 3.83. The molecule has 0 aliphatic rings. The van der Waals surface area contributed by atoms with E-state index >= 15 is 0 Å². The van der Waals surface area contributed by atoms with E-state index in [9.17, 15) is 14.4 Å². The highest BCUT2D eigenvalue weighted by molar-refractivity contribution is 5.94. The van der Waals surface area contributed by atoms with Gasteiger partial charge in [-0.25, -0.2) is 4.79 Å². The van der Waals surface area contributed by atoms with Gasteiger partial charge in [0.05, 0.1) is 0 Å². The fourth-order valence-electron chi connectivity index (χ4n) is 1.90. The van der Waals surface area contributed by atoms with Crippen LogP contribution < -0.4 is 10.6 Å². The molecule has 0 fully saturated rings. The van der Waals surface area contributed by atoms with E-state index in [1.54, 1.807) is 38.1 Å². The largest absolute Gasteiger partial charge is 0.480 e. The fraction of sp³-hybridized carbons (Fsp3) is 0.438. The molecule has 6 nitrogen and oxygen atoms in total. The maximum absolute atomic E-state index is 11.8. The number of rotatable bonds is 8. The summed E-state index contributed by atoms with van der Waals surface area (Å²) in [5.74, 6) is -1.73. The lowest BCUT2D eigenvalue weighted by molar-refractivity contribution is -0.143. The highest BCUT2D eigenvalue weighted by atomic mass is 16.4. The van der Waals surface area contributed by atoms with Crippen LogP contribution in [-0.2, 0) is 9.59 Å². The Labute approximate surface area is 129 Å². The van der Waals surface area contributed by atoms with Crippen molar-refractivity contribution in [2.75, 3.05) is 6.54 Å². The van der Waals surface area contributed by atoms with E-state index in [1.165, 1.54) is 0 Å². The maximum atomic E-state index is 11.8. The van der Waals surface area contributed by atoms with Gasteiger partial charge in [0, 0.05) is 18.5 Å². The van der Waals surface area contributed by atoms with Crippen molar-refractivity contribution in [3.05, 3.63) is 35.9 Å². The summed E-state index contributed by atoms with van der Waals surface area (Å²) in [5, 5.41) is 14.2. The van der Waals surface area contributed by atoms with Crippen LogP contribution in [0.1, 0.15) is 37.0 Å². The van der Waals surface area contributed by atoms with Gasteiger partial charge >= 0.3 is 5.97 Å². The van der Waals surface area contributed by atoms with Gasteiger partial charge in [-0.1, -0.05) is 32.0 Å². The van der Waals surface area contributed by atoms with Crippen molar-refractivity contribution in [3.8, 4) is 0 Å². The third-order valence-electron chi connectivity index (χ3n) is 3.15. The van der Waals surface area contributed by atoms with Crippen molar-refractivity contribution in [1.29, 1.82) is 0 Å². The molecule has 1 rings (SSSR count). The Kier molecular flexibility index (Phi) is 7.08. The third-order valence-corrected chi connectivity index (χ3v) is 3.15.